The fourth-order valence-electron chi connectivity index (χ4n) is 3.21. The Morgan fingerprint density at radius 2 is 1.74 bits per heavy atom. The molecule has 7 nitrogen and oxygen atoms in total. The maximum absolute atomic E-state index is 13.2. The molecule has 0 radical (unpaired) electrons. The zero-order valence-corrected chi connectivity index (χ0v) is 16.1. The van der Waals surface area contributed by atoms with E-state index in [1.165, 1.54) is 24.3 Å². The van der Waals surface area contributed by atoms with Gasteiger partial charge in [-0.2, -0.15) is 0 Å². The first kappa shape index (κ1) is 19.3. The molecule has 0 amide bonds. The van der Waals surface area contributed by atoms with Crippen molar-refractivity contribution < 1.29 is 22.8 Å². The molecule has 0 spiro atoms. The molecular weight excluding hydrogens is 370 g/mol. The van der Waals surface area contributed by atoms with Crippen molar-refractivity contribution in [2.24, 2.45) is 5.92 Å². The minimum atomic E-state index is -3.78. The lowest BCUT2D eigenvalue weighted by Crippen LogP contribution is -2.32. The lowest BCUT2D eigenvalue weighted by Gasteiger charge is -2.22. The largest absolute Gasteiger partial charge is 0.473 e. The minimum Gasteiger partial charge on any atom is -0.473 e. The number of aryl methyl sites for hydroxylation is 2. The molecular formula is C19H21NO6S. The average Bonchev–Trinajstić information content (AvgIpc) is 3.40. The van der Waals surface area contributed by atoms with Crippen molar-refractivity contribution in [1.29, 1.82) is 0 Å². The van der Waals surface area contributed by atoms with Crippen LogP contribution in [0.25, 0.3) is 0 Å². The lowest BCUT2D eigenvalue weighted by atomic mass is 10.1. The monoisotopic (exact) mass is 391 g/mol. The summed E-state index contributed by atoms with van der Waals surface area (Å²) in [6.07, 6.45) is 0.394. The summed E-state index contributed by atoms with van der Waals surface area (Å²) in [4.78, 5) is 10.7. The van der Waals surface area contributed by atoms with Gasteiger partial charge in [0.15, 0.2) is 0 Å². The number of methoxy groups -OCH3 is 1. The number of hydrogen-bond donors (Lipinski definition) is 0. The van der Waals surface area contributed by atoms with E-state index in [1.54, 1.807) is 39.2 Å². The Morgan fingerprint density at radius 1 is 1.15 bits per heavy atom. The van der Waals surface area contributed by atoms with Crippen LogP contribution in [-0.2, 0) is 14.6 Å². The summed E-state index contributed by atoms with van der Waals surface area (Å²) in [7, 11) is -2.23. The highest BCUT2D eigenvalue weighted by atomic mass is 32.2. The van der Waals surface area contributed by atoms with Gasteiger partial charge in [-0.25, -0.2) is 8.42 Å². The Labute approximate surface area is 158 Å². The van der Waals surface area contributed by atoms with E-state index in [0.717, 1.165) is 0 Å². The Kier molecular flexibility index (Phi) is 5.21. The van der Waals surface area contributed by atoms with E-state index in [9.17, 15) is 18.5 Å². The molecule has 3 atom stereocenters. The number of nitro groups is 1. The van der Waals surface area contributed by atoms with Crippen LogP contribution in [0.15, 0.2) is 47.4 Å². The fraction of sp³-hybridized carbons (Fsp3) is 0.368. The predicted molar refractivity (Wildman–Crippen MR) is 99.5 cm³/mol. The van der Waals surface area contributed by atoms with Gasteiger partial charge in [-0.3, -0.25) is 10.1 Å². The molecule has 2 aromatic rings. The van der Waals surface area contributed by atoms with Crippen LogP contribution in [0, 0.1) is 29.9 Å². The summed E-state index contributed by atoms with van der Waals surface area (Å²) in [5.74, 6) is 0.0565. The van der Waals surface area contributed by atoms with Gasteiger partial charge in [0.1, 0.15) is 5.75 Å². The van der Waals surface area contributed by atoms with Crippen molar-refractivity contribution in [3.8, 4) is 5.75 Å². The van der Waals surface area contributed by atoms with E-state index in [2.05, 4.69) is 0 Å². The topological polar surface area (TPSA) is 95.7 Å². The molecule has 1 fully saturated rings. The van der Waals surface area contributed by atoms with E-state index in [0.29, 0.717) is 23.3 Å². The van der Waals surface area contributed by atoms with Crippen LogP contribution in [0.3, 0.4) is 0 Å². The average molecular weight is 391 g/mol. The number of non-ortho nitro benzene ring substituents is 1. The molecule has 8 heteroatoms. The first-order valence-electron chi connectivity index (χ1n) is 8.49. The third kappa shape index (κ3) is 3.81. The van der Waals surface area contributed by atoms with Gasteiger partial charge in [-0.1, -0.05) is 18.2 Å². The lowest BCUT2D eigenvalue weighted by molar-refractivity contribution is -0.385. The van der Waals surface area contributed by atoms with Gasteiger partial charge < -0.3 is 9.47 Å². The number of sulfone groups is 1. The van der Waals surface area contributed by atoms with Gasteiger partial charge in [0.2, 0.25) is 15.3 Å². The van der Waals surface area contributed by atoms with E-state index in [4.69, 9.17) is 9.47 Å². The minimum absolute atomic E-state index is 0.0546. The molecule has 0 aromatic heterocycles. The number of rotatable bonds is 7. The summed E-state index contributed by atoms with van der Waals surface area (Å²) in [5, 5.41) is 11.0. The second-order valence-electron chi connectivity index (χ2n) is 6.68. The molecule has 2 aromatic carbocycles. The molecule has 3 rings (SSSR count). The Balaban J connectivity index is 2.01. The molecule has 0 heterocycles. The summed E-state index contributed by atoms with van der Waals surface area (Å²) in [6, 6.07) is 10.9. The Hall–Kier alpha value is -2.45. The molecule has 27 heavy (non-hydrogen) atoms. The van der Waals surface area contributed by atoms with Crippen molar-refractivity contribution in [2.75, 3.05) is 7.11 Å². The summed E-state index contributed by atoms with van der Waals surface area (Å²) >= 11 is 0. The molecule has 0 N–H and O–H groups in total. The Bertz CT molecular complexity index is 934. The number of nitrogens with zero attached hydrogens (tertiary/aromatic N) is 1. The number of benzene rings is 2. The normalized spacial score (nSPS) is 20.1. The van der Waals surface area contributed by atoms with Crippen LogP contribution in [0.4, 0.5) is 5.69 Å². The molecule has 3 unspecified atom stereocenters. The van der Waals surface area contributed by atoms with Crippen LogP contribution >= 0.6 is 0 Å². The standard InChI is InChI=1S/C19H21NO6S/c1-12-9-14(20(21)22)10-13(2)18(12)26-19(16-11-17(16)25-3)27(23,24)15-7-5-4-6-8-15/h4-10,16-17,19H,11H2,1-3H3. The smallest absolute Gasteiger partial charge is 0.270 e. The second kappa shape index (κ2) is 7.28. The quantitative estimate of drug-likeness (QED) is 0.530. The maximum atomic E-state index is 13.2. The second-order valence-corrected chi connectivity index (χ2v) is 8.71. The zero-order valence-electron chi connectivity index (χ0n) is 15.3. The van der Waals surface area contributed by atoms with Crippen LogP contribution in [0.1, 0.15) is 17.5 Å². The van der Waals surface area contributed by atoms with Crippen LogP contribution in [0.5, 0.6) is 5.75 Å². The summed E-state index contributed by atoms with van der Waals surface area (Å²) in [6.45, 7) is 3.34. The molecule has 144 valence electrons. The van der Waals surface area contributed by atoms with Crippen molar-refractivity contribution in [3.63, 3.8) is 0 Å². The summed E-state index contributed by atoms with van der Waals surface area (Å²) < 4.78 is 37.7. The maximum Gasteiger partial charge on any atom is 0.270 e. The van der Waals surface area contributed by atoms with E-state index in [1.807, 2.05) is 0 Å². The number of ether oxygens (including phenoxy) is 2. The molecule has 1 saturated carbocycles. The summed E-state index contributed by atoms with van der Waals surface area (Å²) in [5.41, 5.74) is -0.140. The SMILES string of the molecule is COC1CC1C(Oc1c(C)cc([N+](=O)[O-])cc1C)S(=O)(=O)c1ccccc1. The van der Waals surface area contributed by atoms with Gasteiger partial charge in [0.25, 0.3) is 5.69 Å². The molecule has 1 aliphatic carbocycles. The third-order valence-electron chi connectivity index (χ3n) is 4.70. The molecule has 0 saturated heterocycles. The first-order chi connectivity index (χ1) is 12.8. The Morgan fingerprint density at radius 3 is 2.22 bits per heavy atom. The van der Waals surface area contributed by atoms with Gasteiger partial charge >= 0.3 is 0 Å². The van der Waals surface area contributed by atoms with E-state index in [-0.39, 0.29) is 22.6 Å². The highest BCUT2D eigenvalue weighted by molar-refractivity contribution is 7.92. The molecule has 0 aliphatic heterocycles. The highest BCUT2D eigenvalue weighted by Crippen LogP contribution is 2.43. The van der Waals surface area contributed by atoms with Crippen molar-refractivity contribution in [1.82, 2.24) is 0 Å². The van der Waals surface area contributed by atoms with E-state index < -0.39 is 20.2 Å². The van der Waals surface area contributed by atoms with Gasteiger partial charge in [-0.05, 0) is 43.5 Å². The van der Waals surface area contributed by atoms with Crippen molar-refractivity contribution in [3.05, 3.63) is 63.7 Å². The highest BCUT2D eigenvalue weighted by Gasteiger charge is 2.51. The first-order valence-corrected chi connectivity index (χ1v) is 10.0. The number of hydrogen-bond acceptors (Lipinski definition) is 6. The van der Waals surface area contributed by atoms with E-state index >= 15 is 0 Å². The fourth-order valence-corrected chi connectivity index (χ4v) is 4.98. The van der Waals surface area contributed by atoms with Crippen molar-refractivity contribution >= 4 is 15.5 Å². The molecule has 0 bridgehead atoms. The van der Waals surface area contributed by atoms with Crippen LogP contribution in [-0.4, -0.2) is 32.0 Å². The third-order valence-corrected chi connectivity index (χ3v) is 6.69. The zero-order chi connectivity index (χ0) is 19.8. The molecule has 1 aliphatic rings. The van der Waals surface area contributed by atoms with Crippen LogP contribution < -0.4 is 4.74 Å². The van der Waals surface area contributed by atoms with Gasteiger partial charge in [-0.15, -0.1) is 0 Å². The number of nitro benzene ring substituents is 1. The van der Waals surface area contributed by atoms with Crippen LogP contribution in [0.2, 0.25) is 0 Å². The predicted octanol–water partition coefficient (Wildman–Crippen LogP) is 3.43. The van der Waals surface area contributed by atoms with Gasteiger partial charge in [0, 0.05) is 25.2 Å². The van der Waals surface area contributed by atoms with Crippen molar-refractivity contribution in [2.45, 2.75) is 36.7 Å². The van der Waals surface area contributed by atoms with Gasteiger partial charge in [0.05, 0.1) is 15.9 Å².